The molecule has 0 spiro atoms. The van der Waals surface area contributed by atoms with Crippen LogP contribution in [0.3, 0.4) is 0 Å². The summed E-state index contributed by atoms with van der Waals surface area (Å²) in [4.78, 5) is 10.3. The quantitative estimate of drug-likeness (QED) is 0.748. The first-order chi connectivity index (χ1) is 4.70. The third-order valence-corrected chi connectivity index (χ3v) is 1.49. The van der Waals surface area contributed by atoms with Gasteiger partial charge in [-0.2, -0.15) is 0 Å². The van der Waals surface area contributed by atoms with Crippen LogP contribution >= 0.6 is 26.2 Å². The van der Waals surface area contributed by atoms with Gasteiger partial charge >= 0.3 is 5.97 Å². The molecule has 0 heterocycles. The van der Waals surface area contributed by atoms with Crippen LogP contribution in [0.4, 0.5) is 0 Å². The second kappa shape index (κ2) is 4.47. The lowest BCUT2D eigenvalue weighted by Crippen LogP contribution is -1.99. The minimum absolute atomic E-state index is 0. The number of aromatic carboxylic acids is 1. The van der Waals surface area contributed by atoms with Crippen molar-refractivity contribution < 1.29 is 9.90 Å². The minimum Gasteiger partial charge on any atom is -0.478 e. The number of carbonyl (C=O) groups is 1. The van der Waals surface area contributed by atoms with Crippen LogP contribution in [0.5, 0.6) is 0 Å². The first-order valence-corrected chi connectivity index (χ1v) is 3.37. The van der Waals surface area contributed by atoms with Crippen LogP contribution < -0.4 is 5.30 Å². The highest BCUT2D eigenvalue weighted by Gasteiger charge is 1.99. The molecule has 1 rings (SSSR count). The van der Waals surface area contributed by atoms with E-state index < -0.39 is 5.97 Å². The molecule has 1 atom stereocenters. The Labute approximate surface area is 77.6 Å². The Bertz CT molecular complexity index is 262. The van der Waals surface area contributed by atoms with Gasteiger partial charge in [0.15, 0.2) is 0 Å². The van der Waals surface area contributed by atoms with Crippen molar-refractivity contribution in [2.45, 2.75) is 0 Å². The highest BCUT2D eigenvalue weighted by molar-refractivity contribution is 8.93. The first-order valence-electron chi connectivity index (χ1n) is 2.79. The summed E-state index contributed by atoms with van der Waals surface area (Å²) in [5.41, 5.74) is 0.326. The maximum absolute atomic E-state index is 10.3. The molecule has 0 aromatic heterocycles. The molecular formula is C7H8BrO2P. The van der Waals surface area contributed by atoms with E-state index in [-0.39, 0.29) is 17.0 Å². The highest BCUT2D eigenvalue weighted by atomic mass is 79.9. The van der Waals surface area contributed by atoms with Gasteiger partial charge in [-0.05, 0) is 17.4 Å². The highest BCUT2D eigenvalue weighted by Crippen LogP contribution is 1.98. The van der Waals surface area contributed by atoms with Crippen molar-refractivity contribution in [2.75, 3.05) is 0 Å². The zero-order valence-electron chi connectivity index (χ0n) is 5.65. The molecule has 1 N–H and O–H groups in total. The summed E-state index contributed by atoms with van der Waals surface area (Å²) in [6, 6.07) is 6.71. The van der Waals surface area contributed by atoms with Gasteiger partial charge in [0.25, 0.3) is 0 Å². The summed E-state index contributed by atoms with van der Waals surface area (Å²) in [6.45, 7) is 0. The van der Waals surface area contributed by atoms with Crippen LogP contribution in [0.2, 0.25) is 0 Å². The Balaban J connectivity index is 0.000001000. The Morgan fingerprint density at radius 1 is 1.45 bits per heavy atom. The van der Waals surface area contributed by atoms with Crippen molar-refractivity contribution in [3.8, 4) is 0 Å². The topological polar surface area (TPSA) is 37.3 Å². The number of hydrogen-bond donors (Lipinski definition) is 1. The molecule has 0 aliphatic rings. The van der Waals surface area contributed by atoms with E-state index in [1.54, 1.807) is 18.2 Å². The summed E-state index contributed by atoms with van der Waals surface area (Å²) in [7, 11) is 2.45. The van der Waals surface area contributed by atoms with Crippen LogP contribution in [0, 0.1) is 0 Å². The molecule has 0 fully saturated rings. The molecule has 0 amide bonds. The van der Waals surface area contributed by atoms with E-state index in [2.05, 4.69) is 9.24 Å². The van der Waals surface area contributed by atoms with Crippen LogP contribution in [0.25, 0.3) is 0 Å². The number of carboxylic acid groups (broad SMARTS) is 1. The fraction of sp³-hybridized carbons (Fsp3) is 0. The monoisotopic (exact) mass is 234 g/mol. The molecule has 0 saturated heterocycles. The lowest BCUT2D eigenvalue weighted by atomic mass is 10.2. The predicted molar refractivity (Wildman–Crippen MR) is 53.1 cm³/mol. The van der Waals surface area contributed by atoms with Crippen molar-refractivity contribution in [3.05, 3.63) is 29.8 Å². The van der Waals surface area contributed by atoms with E-state index in [1.807, 2.05) is 6.07 Å². The SMILES string of the molecule is Br.O=C(O)c1cccc(P)c1. The molecule has 0 bridgehead atoms. The Morgan fingerprint density at radius 3 is 2.45 bits per heavy atom. The molecule has 4 heteroatoms. The molecular weight excluding hydrogens is 227 g/mol. The molecule has 11 heavy (non-hydrogen) atoms. The Kier molecular flexibility index (Phi) is 4.31. The number of rotatable bonds is 1. The normalized spacial score (nSPS) is 8.45. The van der Waals surface area contributed by atoms with Gasteiger partial charge in [-0.25, -0.2) is 4.79 Å². The average molecular weight is 235 g/mol. The van der Waals surface area contributed by atoms with Gasteiger partial charge in [-0.15, -0.1) is 26.2 Å². The zero-order valence-corrected chi connectivity index (χ0v) is 8.52. The van der Waals surface area contributed by atoms with Gasteiger partial charge in [-0.1, -0.05) is 12.1 Å². The molecule has 0 aliphatic heterocycles. The predicted octanol–water partition coefficient (Wildman–Crippen LogP) is 1.46. The Hall–Kier alpha value is -0.400. The lowest BCUT2D eigenvalue weighted by molar-refractivity contribution is 0.0697. The van der Waals surface area contributed by atoms with Crippen LogP contribution in [0.1, 0.15) is 10.4 Å². The zero-order chi connectivity index (χ0) is 7.56. The van der Waals surface area contributed by atoms with Crippen LogP contribution in [-0.2, 0) is 0 Å². The maximum atomic E-state index is 10.3. The molecule has 1 aromatic rings. The first kappa shape index (κ1) is 10.6. The van der Waals surface area contributed by atoms with E-state index in [0.29, 0.717) is 5.56 Å². The van der Waals surface area contributed by atoms with E-state index in [9.17, 15) is 4.79 Å². The summed E-state index contributed by atoms with van der Waals surface area (Å²) < 4.78 is 0. The summed E-state index contributed by atoms with van der Waals surface area (Å²) in [5.74, 6) is -0.885. The van der Waals surface area contributed by atoms with Gasteiger partial charge in [0.05, 0.1) is 5.56 Å². The third-order valence-electron chi connectivity index (χ3n) is 1.13. The van der Waals surface area contributed by atoms with Gasteiger partial charge in [0, 0.05) is 0 Å². The van der Waals surface area contributed by atoms with E-state index in [0.717, 1.165) is 5.30 Å². The van der Waals surface area contributed by atoms with Crippen molar-refractivity contribution in [1.82, 2.24) is 0 Å². The smallest absolute Gasteiger partial charge is 0.335 e. The third kappa shape index (κ3) is 3.00. The van der Waals surface area contributed by atoms with Gasteiger partial charge in [-0.3, -0.25) is 0 Å². The minimum atomic E-state index is -0.885. The average Bonchev–Trinajstić information content (AvgIpc) is 1.88. The lowest BCUT2D eigenvalue weighted by Gasteiger charge is -1.93. The van der Waals surface area contributed by atoms with Gasteiger partial charge in [0.1, 0.15) is 0 Å². The summed E-state index contributed by atoms with van der Waals surface area (Å²) in [6.07, 6.45) is 0. The van der Waals surface area contributed by atoms with Gasteiger partial charge in [0.2, 0.25) is 0 Å². The summed E-state index contributed by atoms with van der Waals surface area (Å²) in [5, 5.41) is 9.39. The van der Waals surface area contributed by atoms with E-state index in [4.69, 9.17) is 5.11 Å². The second-order valence-electron chi connectivity index (χ2n) is 1.93. The molecule has 2 nitrogen and oxygen atoms in total. The van der Waals surface area contributed by atoms with Crippen LogP contribution in [0.15, 0.2) is 24.3 Å². The maximum Gasteiger partial charge on any atom is 0.335 e. The largest absolute Gasteiger partial charge is 0.478 e. The van der Waals surface area contributed by atoms with Crippen LogP contribution in [-0.4, -0.2) is 11.1 Å². The standard InChI is InChI=1S/C7H7O2P.BrH/c8-7(9)5-2-1-3-6(10)4-5;/h1-4H,10H2,(H,8,9);1H. The fourth-order valence-corrected chi connectivity index (χ4v) is 0.962. The van der Waals surface area contributed by atoms with Crippen molar-refractivity contribution in [2.24, 2.45) is 0 Å². The molecule has 0 aliphatic carbocycles. The van der Waals surface area contributed by atoms with E-state index >= 15 is 0 Å². The second-order valence-corrected chi connectivity index (χ2v) is 2.60. The number of hydrogen-bond acceptors (Lipinski definition) is 1. The molecule has 1 unspecified atom stereocenters. The molecule has 1 aromatic carbocycles. The number of halogens is 1. The number of benzene rings is 1. The van der Waals surface area contributed by atoms with Crippen molar-refractivity contribution in [1.29, 1.82) is 0 Å². The van der Waals surface area contributed by atoms with Crippen molar-refractivity contribution in [3.63, 3.8) is 0 Å². The van der Waals surface area contributed by atoms with Crippen molar-refractivity contribution >= 4 is 37.5 Å². The summed E-state index contributed by atoms with van der Waals surface area (Å²) >= 11 is 0. The molecule has 60 valence electrons. The number of carboxylic acids is 1. The fourth-order valence-electron chi connectivity index (χ4n) is 0.672. The van der Waals surface area contributed by atoms with Gasteiger partial charge < -0.3 is 5.11 Å². The molecule has 0 radical (unpaired) electrons. The molecule has 0 saturated carbocycles. The Morgan fingerprint density at radius 2 is 2.09 bits per heavy atom. The van der Waals surface area contributed by atoms with E-state index in [1.165, 1.54) is 0 Å².